The van der Waals surface area contributed by atoms with Gasteiger partial charge in [0.1, 0.15) is 0 Å². The van der Waals surface area contributed by atoms with Gasteiger partial charge in [-0.2, -0.15) is 0 Å². The van der Waals surface area contributed by atoms with Crippen molar-refractivity contribution in [1.29, 1.82) is 0 Å². The van der Waals surface area contributed by atoms with Gasteiger partial charge < -0.3 is 10.1 Å². The smallest absolute Gasteiger partial charge is 0.0509 e. The molecule has 0 saturated carbocycles. The molecular weight excluding hydrogens is 246 g/mol. The summed E-state index contributed by atoms with van der Waals surface area (Å²) in [6.07, 6.45) is 2.22. The predicted octanol–water partition coefficient (Wildman–Crippen LogP) is 3.29. The van der Waals surface area contributed by atoms with E-state index in [2.05, 4.69) is 31.3 Å². The molecule has 3 heteroatoms. The lowest BCUT2D eigenvalue weighted by atomic mass is 9.98. The van der Waals surface area contributed by atoms with Crippen molar-refractivity contribution in [2.24, 2.45) is 5.92 Å². The van der Waals surface area contributed by atoms with E-state index in [1.165, 1.54) is 12.0 Å². The van der Waals surface area contributed by atoms with Gasteiger partial charge in [-0.25, -0.2) is 0 Å². The summed E-state index contributed by atoms with van der Waals surface area (Å²) >= 11 is 5.89. The number of ether oxygens (including phenoxy) is 1. The fraction of sp³-hybridized carbons (Fsp3) is 0.600. The number of halogens is 1. The summed E-state index contributed by atoms with van der Waals surface area (Å²) in [5, 5.41) is 4.47. The Hall–Kier alpha value is -0.570. The van der Waals surface area contributed by atoms with E-state index in [0.29, 0.717) is 18.0 Å². The molecule has 0 amide bonds. The van der Waals surface area contributed by atoms with Crippen LogP contribution in [0.1, 0.15) is 25.8 Å². The molecule has 1 aliphatic heterocycles. The van der Waals surface area contributed by atoms with Gasteiger partial charge in [-0.05, 0) is 50.3 Å². The van der Waals surface area contributed by atoms with E-state index in [0.717, 1.165) is 24.7 Å². The summed E-state index contributed by atoms with van der Waals surface area (Å²) < 4.78 is 5.44. The second-order valence-corrected chi connectivity index (χ2v) is 5.75. The Balaban J connectivity index is 1.80. The summed E-state index contributed by atoms with van der Waals surface area (Å²) in [6.45, 7) is 6.32. The lowest BCUT2D eigenvalue weighted by molar-refractivity contribution is 0.177. The van der Waals surface area contributed by atoms with Crippen LogP contribution in [0.5, 0.6) is 0 Å². The third-order valence-electron chi connectivity index (χ3n) is 3.67. The fourth-order valence-electron chi connectivity index (χ4n) is 2.56. The highest BCUT2D eigenvalue weighted by Gasteiger charge is 2.23. The zero-order valence-corrected chi connectivity index (χ0v) is 11.9. The standard InChI is InChI=1S/C15H22ClNO/c1-11(9-13-3-5-15(16)6-4-13)17-12(2)14-7-8-18-10-14/h3-6,11-12,14,17H,7-10H2,1-2H3. The lowest BCUT2D eigenvalue weighted by Crippen LogP contribution is -2.40. The molecule has 3 unspecified atom stereocenters. The van der Waals surface area contributed by atoms with Crippen molar-refractivity contribution in [3.05, 3.63) is 34.9 Å². The van der Waals surface area contributed by atoms with Gasteiger partial charge in [0.2, 0.25) is 0 Å². The highest BCUT2D eigenvalue weighted by molar-refractivity contribution is 6.30. The maximum atomic E-state index is 5.89. The molecule has 0 aromatic heterocycles. The van der Waals surface area contributed by atoms with Crippen LogP contribution in [0.15, 0.2) is 24.3 Å². The number of hydrogen-bond acceptors (Lipinski definition) is 2. The molecule has 0 spiro atoms. The molecule has 100 valence electrons. The van der Waals surface area contributed by atoms with Crippen LogP contribution in [0.4, 0.5) is 0 Å². The molecule has 2 rings (SSSR count). The van der Waals surface area contributed by atoms with Gasteiger partial charge >= 0.3 is 0 Å². The van der Waals surface area contributed by atoms with Crippen molar-refractivity contribution in [2.75, 3.05) is 13.2 Å². The van der Waals surface area contributed by atoms with E-state index in [1.54, 1.807) is 0 Å². The van der Waals surface area contributed by atoms with Gasteiger partial charge in [-0.3, -0.25) is 0 Å². The minimum atomic E-state index is 0.474. The molecule has 0 aliphatic carbocycles. The van der Waals surface area contributed by atoms with E-state index in [4.69, 9.17) is 16.3 Å². The van der Waals surface area contributed by atoms with Crippen molar-refractivity contribution < 1.29 is 4.74 Å². The number of hydrogen-bond donors (Lipinski definition) is 1. The third-order valence-corrected chi connectivity index (χ3v) is 3.93. The molecule has 3 atom stereocenters. The zero-order valence-electron chi connectivity index (χ0n) is 11.2. The summed E-state index contributed by atoms with van der Waals surface area (Å²) in [5.74, 6) is 0.665. The lowest BCUT2D eigenvalue weighted by Gasteiger charge is -2.24. The molecule has 2 nitrogen and oxygen atoms in total. The van der Waals surface area contributed by atoms with Crippen LogP contribution in [-0.4, -0.2) is 25.3 Å². The van der Waals surface area contributed by atoms with E-state index < -0.39 is 0 Å². The number of rotatable bonds is 5. The van der Waals surface area contributed by atoms with Gasteiger partial charge in [0.25, 0.3) is 0 Å². The number of benzene rings is 1. The molecule has 1 heterocycles. The van der Waals surface area contributed by atoms with Crippen LogP contribution < -0.4 is 5.32 Å². The molecular formula is C15H22ClNO. The molecule has 0 radical (unpaired) electrons. The summed E-state index contributed by atoms with van der Waals surface area (Å²) in [5.41, 5.74) is 1.33. The SMILES string of the molecule is CC(Cc1ccc(Cl)cc1)NC(C)C1CCOC1. The molecule has 1 aromatic rings. The van der Waals surface area contributed by atoms with E-state index in [-0.39, 0.29) is 0 Å². The van der Waals surface area contributed by atoms with Crippen LogP contribution >= 0.6 is 11.6 Å². The zero-order chi connectivity index (χ0) is 13.0. The first kappa shape index (κ1) is 13.9. The molecule has 1 fully saturated rings. The van der Waals surface area contributed by atoms with Gasteiger partial charge in [0, 0.05) is 23.7 Å². The monoisotopic (exact) mass is 267 g/mol. The van der Waals surface area contributed by atoms with Crippen LogP contribution in [0, 0.1) is 5.92 Å². The summed E-state index contributed by atoms with van der Waals surface area (Å²) in [7, 11) is 0. The Kier molecular flexibility index (Phi) is 5.04. The normalized spacial score (nSPS) is 22.9. The van der Waals surface area contributed by atoms with E-state index in [1.807, 2.05) is 12.1 Å². The average molecular weight is 268 g/mol. The van der Waals surface area contributed by atoms with Crippen molar-refractivity contribution in [1.82, 2.24) is 5.32 Å². The predicted molar refractivity (Wildman–Crippen MR) is 76.1 cm³/mol. The molecule has 1 N–H and O–H groups in total. The van der Waals surface area contributed by atoms with Crippen LogP contribution in [0.3, 0.4) is 0 Å². The molecule has 0 bridgehead atoms. The first-order valence-corrected chi connectivity index (χ1v) is 7.11. The Morgan fingerprint density at radius 1 is 1.33 bits per heavy atom. The highest BCUT2D eigenvalue weighted by atomic mass is 35.5. The van der Waals surface area contributed by atoms with Gasteiger partial charge in [-0.15, -0.1) is 0 Å². The minimum absolute atomic E-state index is 0.474. The van der Waals surface area contributed by atoms with Gasteiger partial charge in [0.15, 0.2) is 0 Å². The highest BCUT2D eigenvalue weighted by Crippen LogP contribution is 2.17. The van der Waals surface area contributed by atoms with E-state index in [9.17, 15) is 0 Å². The maximum Gasteiger partial charge on any atom is 0.0509 e. The maximum absolute atomic E-state index is 5.89. The van der Waals surface area contributed by atoms with Crippen LogP contribution in [0.25, 0.3) is 0 Å². The minimum Gasteiger partial charge on any atom is -0.381 e. The average Bonchev–Trinajstić information content (AvgIpc) is 2.85. The first-order valence-electron chi connectivity index (χ1n) is 6.73. The van der Waals surface area contributed by atoms with Gasteiger partial charge in [0.05, 0.1) is 6.61 Å². The van der Waals surface area contributed by atoms with Crippen LogP contribution in [-0.2, 0) is 11.2 Å². The van der Waals surface area contributed by atoms with Crippen molar-refractivity contribution in [2.45, 2.75) is 38.8 Å². The second-order valence-electron chi connectivity index (χ2n) is 5.31. The summed E-state index contributed by atoms with van der Waals surface area (Å²) in [4.78, 5) is 0. The Labute approximate surface area is 115 Å². The topological polar surface area (TPSA) is 21.3 Å². The Bertz CT molecular complexity index is 359. The van der Waals surface area contributed by atoms with Crippen LogP contribution in [0.2, 0.25) is 5.02 Å². The largest absolute Gasteiger partial charge is 0.381 e. The second kappa shape index (κ2) is 6.55. The summed E-state index contributed by atoms with van der Waals surface area (Å²) in [6, 6.07) is 9.11. The molecule has 1 saturated heterocycles. The Morgan fingerprint density at radius 2 is 2.06 bits per heavy atom. The molecule has 1 aromatic carbocycles. The first-order chi connectivity index (χ1) is 8.65. The molecule has 18 heavy (non-hydrogen) atoms. The van der Waals surface area contributed by atoms with Crippen molar-refractivity contribution in [3.8, 4) is 0 Å². The fourth-order valence-corrected chi connectivity index (χ4v) is 2.69. The molecule has 1 aliphatic rings. The van der Waals surface area contributed by atoms with Crippen molar-refractivity contribution in [3.63, 3.8) is 0 Å². The Morgan fingerprint density at radius 3 is 2.67 bits per heavy atom. The van der Waals surface area contributed by atoms with E-state index >= 15 is 0 Å². The quantitative estimate of drug-likeness (QED) is 0.884. The third kappa shape index (κ3) is 3.98. The van der Waals surface area contributed by atoms with Gasteiger partial charge in [-0.1, -0.05) is 23.7 Å². The number of nitrogens with one attached hydrogen (secondary N) is 1. The van der Waals surface area contributed by atoms with Crippen molar-refractivity contribution >= 4 is 11.6 Å².